The molecule has 1 heterocycles. The van der Waals surface area contributed by atoms with Gasteiger partial charge in [-0.2, -0.15) is 4.98 Å². The van der Waals surface area contributed by atoms with Crippen LogP contribution in [0.5, 0.6) is 0 Å². The van der Waals surface area contributed by atoms with E-state index in [4.69, 9.17) is 4.52 Å². The van der Waals surface area contributed by atoms with Crippen LogP contribution in [0.1, 0.15) is 25.7 Å². The zero-order chi connectivity index (χ0) is 14.7. The summed E-state index contributed by atoms with van der Waals surface area (Å²) in [7, 11) is 0. The Kier molecular flexibility index (Phi) is 4.16. The number of nitrogens with zero attached hydrogens (tertiary/aromatic N) is 2. The van der Waals surface area contributed by atoms with Crippen LogP contribution in [0.25, 0.3) is 11.4 Å². The predicted octanol–water partition coefficient (Wildman–Crippen LogP) is 3.07. The first-order valence-electron chi connectivity index (χ1n) is 6.00. The van der Waals surface area contributed by atoms with Crippen molar-refractivity contribution in [1.82, 2.24) is 10.1 Å². The van der Waals surface area contributed by atoms with E-state index in [1.165, 1.54) is 0 Å². The lowest BCUT2D eigenvalue weighted by Gasteiger charge is -1.98. The van der Waals surface area contributed by atoms with Gasteiger partial charge in [-0.1, -0.05) is 12.1 Å². The van der Waals surface area contributed by atoms with E-state index in [1.54, 1.807) is 0 Å². The summed E-state index contributed by atoms with van der Waals surface area (Å²) < 4.78 is 43.8. The molecule has 1 aromatic carbocycles. The van der Waals surface area contributed by atoms with Gasteiger partial charge in [-0.15, -0.1) is 0 Å². The number of hydrogen-bond acceptors (Lipinski definition) is 4. The summed E-state index contributed by atoms with van der Waals surface area (Å²) >= 11 is 0. The lowest BCUT2D eigenvalue weighted by atomic mass is 10.2. The van der Waals surface area contributed by atoms with Gasteiger partial charge in [-0.05, 0) is 18.6 Å². The molecule has 1 aromatic heterocycles. The molecular formula is C13H11F3N2O2. The Morgan fingerprint density at radius 1 is 1.25 bits per heavy atom. The van der Waals surface area contributed by atoms with Crippen molar-refractivity contribution in [2.75, 3.05) is 0 Å². The zero-order valence-electron chi connectivity index (χ0n) is 10.6. The van der Waals surface area contributed by atoms with Crippen molar-refractivity contribution in [3.63, 3.8) is 0 Å². The van der Waals surface area contributed by atoms with Gasteiger partial charge < -0.3 is 4.52 Å². The number of halogens is 3. The SMILES string of the molecule is CCCC(=O)Cc1nc(-c2cc(F)c(F)c(F)c2)no1. The number of Topliss-reactive ketones (excluding diaryl/α,β-unsaturated/α-hetero) is 1. The van der Waals surface area contributed by atoms with Crippen molar-refractivity contribution >= 4 is 5.78 Å². The summed E-state index contributed by atoms with van der Waals surface area (Å²) in [5.74, 6) is -4.35. The average Bonchev–Trinajstić information content (AvgIpc) is 2.84. The van der Waals surface area contributed by atoms with Crippen molar-refractivity contribution in [3.8, 4) is 11.4 Å². The van der Waals surface area contributed by atoms with Gasteiger partial charge in [0.2, 0.25) is 11.7 Å². The van der Waals surface area contributed by atoms with Crippen LogP contribution in [0.4, 0.5) is 13.2 Å². The second-order valence-corrected chi connectivity index (χ2v) is 4.23. The number of aromatic nitrogens is 2. The first-order valence-corrected chi connectivity index (χ1v) is 6.00. The van der Waals surface area contributed by atoms with E-state index in [1.807, 2.05) is 6.92 Å². The van der Waals surface area contributed by atoms with E-state index in [0.717, 1.165) is 12.1 Å². The van der Waals surface area contributed by atoms with E-state index >= 15 is 0 Å². The summed E-state index contributed by atoms with van der Waals surface area (Å²) in [6.45, 7) is 1.86. The molecule has 0 aliphatic heterocycles. The predicted molar refractivity (Wildman–Crippen MR) is 63.2 cm³/mol. The van der Waals surface area contributed by atoms with Gasteiger partial charge in [-0.25, -0.2) is 13.2 Å². The highest BCUT2D eigenvalue weighted by Crippen LogP contribution is 2.21. The summed E-state index contributed by atoms with van der Waals surface area (Å²) in [6.07, 6.45) is 1.05. The Balaban J connectivity index is 2.22. The zero-order valence-corrected chi connectivity index (χ0v) is 10.6. The highest BCUT2D eigenvalue weighted by atomic mass is 19.2. The van der Waals surface area contributed by atoms with Gasteiger partial charge in [0.15, 0.2) is 17.5 Å². The van der Waals surface area contributed by atoms with Gasteiger partial charge in [0.1, 0.15) is 5.78 Å². The second-order valence-electron chi connectivity index (χ2n) is 4.23. The molecule has 0 spiro atoms. The number of rotatable bonds is 5. The smallest absolute Gasteiger partial charge is 0.234 e. The summed E-state index contributed by atoms with van der Waals surface area (Å²) in [5, 5.41) is 3.52. The highest BCUT2D eigenvalue weighted by Gasteiger charge is 2.16. The fourth-order valence-corrected chi connectivity index (χ4v) is 1.66. The van der Waals surface area contributed by atoms with Crippen molar-refractivity contribution in [3.05, 3.63) is 35.5 Å². The van der Waals surface area contributed by atoms with Gasteiger partial charge in [0.25, 0.3) is 0 Å². The minimum absolute atomic E-state index is 0.0347. The van der Waals surface area contributed by atoms with Crippen LogP contribution in [-0.2, 0) is 11.2 Å². The molecule has 2 rings (SSSR count). The quantitative estimate of drug-likeness (QED) is 0.792. The van der Waals surface area contributed by atoms with Crippen LogP contribution in [0.15, 0.2) is 16.7 Å². The Labute approximate surface area is 112 Å². The molecule has 4 nitrogen and oxygen atoms in total. The number of ketones is 1. The first-order chi connectivity index (χ1) is 9.51. The molecule has 0 saturated heterocycles. The molecule has 0 bridgehead atoms. The molecule has 0 amide bonds. The molecule has 20 heavy (non-hydrogen) atoms. The maximum atomic E-state index is 13.1. The maximum Gasteiger partial charge on any atom is 0.234 e. The lowest BCUT2D eigenvalue weighted by molar-refractivity contribution is -0.118. The number of benzene rings is 1. The molecule has 0 saturated carbocycles. The summed E-state index contributed by atoms with van der Waals surface area (Å²) in [5.41, 5.74) is -0.0562. The molecular weight excluding hydrogens is 273 g/mol. The minimum Gasteiger partial charge on any atom is -0.339 e. The van der Waals surface area contributed by atoms with E-state index in [9.17, 15) is 18.0 Å². The lowest BCUT2D eigenvalue weighted by Crippen LogP contribution is -2.01. The molecule has 0 atom stereocenters. The molecule has 2 aromatic rings. The maximum absolute atomic E-state index is 13.1. The van der Waals surface area contributed by atoms with Crippen LogP contribution < -0.4 is 0 Å². The van der Waals surface area contributed by atoms with Gasteiger partial charge in [-0.3, -0.25) is 4.79 Å². The second kappa shape index (κ2) is 5.85. The third kappa shape index (κ3) is 3.04. The minimum atomic E-state index is -1.56. The summed E-state index contributed by atoms with van der Waals surface area (Å²) in [4.78, 5) is 15.3. The molecule has 0 radical (unpaired) electrons. The Bertz CT molecular complexity index is 617. The van der Waals surface area contributed by atoms with Crippen LogP contribution in [0.2, 0.25) is 0 Å². The fourth-order valence-electron chi connectivity index (χ4n) is 1.66. The van der Waals surface area contributed by atoms with Crippen molar-refractivity contribution < 1.29 is 22.5 Å². The number of carbonyl (C=O) groups excluding carboxylic acids is 1. The number of carbonyl (C=O) groups is 1. The van der Waals surface area contributed by atoms with Gasteiger partial charge in [0.05, 0.1) is 6.42 Å². The Morgan fingerprint density at radius 3 is 2.50 bits per heavy atom. The van der Waals surface area contributed by atoms with Crippen molar-refractivity contribution in [1.29, 1.82) is 0 Å². The van der Waals surface area contributed by atoms with Crippen LogP contribution in [0, 0.1) is 17.5 Å². The Morgan fingerprint density at radius 2 is 1.90 bits per heavy atom. The van der Waals surface area contributed by atoms with E-state index in [2.05, 4.69) is 10.1 Å². The summed E-state index contributed by atoms with van der Waals surface area (Å²) in [6, 6.07) is 1.53. The first kappa shape index (κ1) is 14.2. The standard InChI is InChI=1S/C13H11F3N2O2/c1-2-3-8(19)6-11-17-13(18-20-11)7-4-9(14)12(16)10(15)5-7/h4-5H,2-3,6H2,1H3. The molecule has 0 aliphatic rings. The normalized spacial score (nSPS) is 10.8. The van der Waals surface area contributed by atoms with Crippen LogP contribution in [0.3, 0.4) is 0 Å². The molecule has 0 N–H and O–H groups in total. The molecule has 7 heteroatoms. The topological polar surface area (TPSA) is 56.0 Å². The van der Waals surface area contributed by atoms with Gasteiger partial charge in [0, 0.05) is 12.0 Å². The molecule has 0 fully saturated rings. The number of hydrogen-bond donors (Lipinski definition) is 0. The van der Waals surface area contributed by atoms with E-state index < -0.39 is 17.5 Å². The highest BCUT2D eigenvalue weighted by molar-refractivity contribution is 5.79. The van der Waals surface area contributed by atoms with Crippen LogP contribution in [-0.4, -0.2) is 15.9 Å². The molecule has 0 aliphatic carbocycles. The van der Waals surface area contributed by atoms with E-state index in [-0.39, 0.29) is 29.5 Å². The molecule has 106 valence electrons. The third-order valence-corrected chi connectivity index (χ3v) is 2.59. The molecule has 0 unspecified atom stereocenters. The van der Waals surface area contributed by atoms with E-state index in [0.29, 0.717) is 12.8 Å². The third-order valence-electron chi connectivity index (χ3n) is 2.59. The van der Waals surface area contributed by atoms with Crippen LogP contribution >= 0.6 is 0 Å². The fraction of sp³-hybridized carbons (Fsp3) is 0.308. The average molecular weight is 284 g/mol. The largest absolute Gasteiger partial charge is 0.339 e. The van der Waals surface area contributed by atoms with Crippen molar-refractivity contribution in [2.24, 2.45) is 0 Å². The Hall–Kier alpha value is -2.18. The van der Waals surface area contributed by atoms with Gasteiger partial charge >= 0.3 is 0 Å². The van der Waals surface area contributed by atoms with Crippen molar-refractivity contribution in [2.45, 2.75) is 26.2 Å². The monoisotopic (exact) mass is 284 g/mol.